The van der Waals surface area contributed by atoms with Crippen LogP contribution in [0.4, 0.5) is 22.0 Å². The van der Waals surface area contributed by atoms with Crippen LogP contribution in [0, 0.1) is 29.1 Å². The fourth-order valence-corrected chi connectivity index (χ4v) is 1.69. The number of hydrogen-bond donors (Lipinski definition) is 1. The van der Waals surface area contributed by atoms with Gasteiger partial charge in [0.05, 0.1) is 5.56 Å². The second-order valence-corrected chi connectivity index (χ2v) is 4.07. The van der Waals surface area contributed by atoms with E-state index in [9.17, 15) is 27.1 Å². The van der Waals surface area contributed by atoms with Gasteiger partial charge in [0, 0.05) is 0 Å². The summed E-state index contributed by atoms with van der Waals surface area (Å²) in [6, 6.07) is 2.24. The van der Waals surface area contributed by atoms with Crippen LogP contribution in [0.3, 0.4) is 0 Å². The van der Waals surface area contributed by atoms with Crippen molar-refractivity contribution in [3.05, 3.63) is 47.0 Å². The molecule has 0 aliphatic heterocycles. The first-order chi connectivity index (χ1) is 9.38. The van der Waals surface area contributed by atoms with Gasteiger partial charge in [-0.05, 0) is 18.6 Å². The van der Waals surface area contributed by atoms with Gasteiger partial charge in [0.25, 0.3) is 0 Å². The first-order valence-electron chi connectivity index (χ1n) is 5.68. The van der Waals surface area contributed by atoms with E-state index in [4.69, 9.17) is 4.42 Å². The number of halogens is 5. The largest absolute Gasteiger partial charge is 0.458 e. The Kier molecular flexibility index (Phi) is 3.80. The van der Waals surface area contributed by atoms with Crippen LogP contribution >= 0.6 is 0 Å². The smallest absolute Gasteiger partial charge is 0.200 e. The van der Waals surface area contributed by atoms with Crippen LogP contribution in [0.2, 0.25) is 0 Å². The number of aliphatic hydroxyl groups excluding tert-OH is 1. The zero-order valence-corrected chi connectivity index (χ0v) is 10.2. The maximum Gasteiger partial charge on any atom is 0.200 e. The summed E-state index contributed by atoms with van der Waals surface area (Å²) in [5.41, 5.74) is -1.16. The molecule has 1 heterocycles. The monoisotopic (exact) mass is 292 g/mol. The molecule has 0 aliphatic rings. The second-order valence-electron chi connectivity index (χ2n) is 4.07. The lowest BCUT2D eigenvalue weighted by Crippen LogP contribution is -2.03. The van der Waals surface area contributed by atoms with Gasteiger partial charge in [-0.1, -0.05) is 6.92 Å². The molecule has 0 saturated carbocycles. The van der Waals surface area contributed by atoms with Crippen LogP contribution in [-0.2, 0) is 0 Å². The van der Waals surface area contributed by atoms with Crippen molar-refractivity contribution in [2.75, 3.05) is 0 Å². The highest BCUT2D eigenvalue weighted by Gasteiger charge is 2.28. The van der Waals surface area contributed by atoms with E-state index < -0.39 is 46.5 Å². The fraction of sp³-hybridized carbons (Fsp3) is 0.231. The SMILES string of the molecule is CCC(O)c1ccc(-c2c(F)c(F)c(F)c(F)c2F)o1. The Labute approximate surface area is 110 Å². The lowest BCUT2D eigenvalue weighted by atomic mass is 10.1. The molecule has 7 heteroatoms. The van der Waals surface area contributed by atoms with Gasteiger partial charge in [-0.25, -0.2) is 22.0 Å². The molecule has 1 atom stereocenters. The molecule has 0 radical (unpaired) electrons. The summed E-state index contributed by atoms with van der Waals surface area (Å²) in [5, 5.41) is 9.49. The summed E-state index contributed by atoms with van der Waals surface area (Å²) in [5.74, 6) is -10.8. The van der Waals surface area contributed by atoms with Crippen molar-refractivity contribution < 1.29 is 31.5 Å². The molecule has 0 fully saturated rings. The van der Waals surface area contributed by atoms with Crippen molar-refractivity contribution in [1.82, 2.24) is 0 Å². The third-order valence-corrected chi connectivity index (χ3v) is 2.80. The maximum atomic E-state index is 13.5. The van der Waals surface area contributed by atoms with E-state index in [-0.39, 0.29) is 12.2 Å². The summed E-state index contributed by atoms with van der Waals surface area (Å²) in [6.07, 6.45) is -0.755. The zero-order valence-electron chi connectivity index (χ0n) is 10.2. The molecule has 1 N–H and O–H groups in total. The topological polar surface area (TPSA) is 33.4 Å². The highest BCUT2D eigenvalue weighted by Crippen LogP contribution is 2.33. The van der Waals surface area contributed by atoms with Crippen molar-refractivity contribution in [3.8, 4) is 11.3 Å². The Morgan fingerprint density at radius 1 is 0.950 bits per heavy atom. The molecule has 1 unspecified atom stereocenters. The highest BCUT2D eigenvalue weighted by atomic mass is 19.2. The quantitative estimate of drug-likeness (QED) is 0.525. The van der Waals surface area contributed by atoms with Crippen LogP contribution in [0.5, 0.6) is 0 Å². The molecule has 1 aromatic heterocycles. The number of furan rings is 1. The Morgan fingerprint density at radius 2 is 1.45 bits per heavy atom. The number of rotatable bonds is 3. The molecular formula is C13H9F5O2. The minimum Gasteiger partial charge on any atom is -0.458 e. The molecule has 0 bridgehead atoms. The molecular weight excluding hydrogens is 283 g/mol. The van der Waals surface area contributed by atoms with Crippen LogP contribution in [0.1, 0.15) is 25.2 Å². The molecule has 0 amide bonds. The predicted octanol–water partition coefficient (Wildman–Crippen LogP) is 4.09. The summed E-state index contributed by atoms with van der Waals surface area (Å²) < 4.78 is 71.1. The Balaban J connectivity index is 2.61. The zero-order chi connectivity index (χ0) is 15.0. The van der Waals surface area contributed by atoms with Crippen LogP contribution in [0.15, 0.2) is 16.5 Å². The van der Waals surface area contributed by atoms with Crippen LogP contribution in [0.25, 0.3) is 11.3 Å². The van der Waals surface area contributed by atoms with Crippen molar-refractivity contribution >= 4 is 0 Å². The average molecular weight is 292 g/mol. The molecule has 0 spiro atoms. The third-order valence-electron chi connectivity index (χ3n) is 2.80. The molecule has 1 aromatic carbocycles. The van der Waals surface area contributed by atoms with Gasteiger partial charge in [0.1, 0.15) is 17.6 Å². The molecule has 20 heavy (non-hydrogen) atoms. The minimum atomic E-state index is -2.23. The third kappa shape index (κ3) is 2.18. The van der Waals surface area contributed by atoms with E-state index >= 15 is 0 Å². The van der Waals surface area contributed by atoms with Crippen molar-refractivity contribution in [2.45, 2.75) is 19.4 Å². The normalized spacial score (nSPS) is 12.8. The summed E-state index contributed by atoms with van der Waals surface area (Å²) in [6.45, 7) is 1.63. The maximum absolute atomic E-state index is 13.5. The fourth-order valence-electron chi connectivity index (χ4n) is 1.69. The molecule has 0 saturated heterocycles. The average Bonchev–Trinajstić information content (AvgIpc) is 2.92. The Bertz CT molecular complexity index is 621. The molecule has 2 aromatic rings. The standard InChI is InChI=1S/C13H9F5O2/c1-2-5(19)6-3-4-7(20-6)8-9(14)11(16)13(18)12(17)10(8)15/h3-5,19H,2H2,1H3. The Hall–Kier alpha value is -1.89. The van der Waals surface area contributed by atoms with E-state index in [1.807, 2.05) is 0 Å². The Morgan fingerprint density at radius 3 is 1.95 bits per heavy atom. The van der Waals surface area contributed by atoms with Gasteiger partial charge < -0.3 is 9.52 Å². The predicted molar refractivity (Wildman–Crippen MR) is 59.2 cm³/mol. The van der Waals surface area contributed by atoms with Crippen molar-refractivity contribution in [2.24, 2.45) is 0 Å². The van der Waals surface area contributed by atoms with E-state index in [1.165, 1.54) is 6.07 Å². The van der Waals surface area contributed by atoms with E-state index in [0.29, 0.717) is 0 Å². The summed E-state index contributed by atoms with van der Waals surface area (Å²) >= 11 is 0. The summed E-state index contributed by atoms with van der Waals surface area (Å²) in [7, 11) is 0. The lowest BCUT2D eigenvalue weighted by Gasteiger charge is -2.06. The second kappa shape index (κ2) is 5.24. The molecule has 108 valence electrons. The van der Waals surface area contributed by atoms with Gasteiger partial charge in [0.2, 0.25) is 5.82 Å². The highest BCUT2D eigenvalue weighted by molar-refractivity contribution is 5.60. The van der Waals surface area contributed by atoms with Crippen LogP contribution in [-0.4, -0.2) is 5.11 Å². The van der Waals surface area contributed by atoms with E-state index in [0.717, 1.165) is 6.07 Å². The van der Waals surface area contributed by atoms with Crippen molar-refractivity contribution in [3.63, 3.8) is 0 Å². The van der Waals surface area contributed by atoms with Gasteiger partial charge in [-0.15, -0.1) is 0 Å². The first-order valence-corrected chi connectivity index (χ1v) is 5.68. The molecule has 2 rings (SSSR count). The van der Waals surface area contributed by atoms with Gasteiger partial charge >= 0.3 is 0 Å². The van der Waals surface area contributed by atoms with E-state index in [1.54, 1.807) is 6.92 Å². The number of hydrogen-bond acceptors (Lipinski definition) is 2. The lowest BCUT2D eigenvalue weighted by molar-refractivity contribution is 0.146. The van der Waals surface area contributed by atoms with Gasteiger partial charge in [-0.3, -0.25) is 0 Å². The first kappa shape index (κ1) is 14.5. The van der Waals surface area contributed by atoms with Gasteiger partial charge in [-0.2, -0.15) is 0 Å². The van der Waals surface area contributed by atoms with Gasteiger partial charge in [0.15, 0.2) is 23.3 Å². The molecule has 0 aliphatic carbocycles. The van der Waals surface area contributed by atoms with E-state index in [2.05, 4.69) is 0 Å². The van der Waals surface area contributed by atoms with Crippen molar-refractivity contribution in [1.29, 1.82) is 0 Å². The van der Waals surface area contributed by atoms with Crippen LogP contribution < -0.4 is 0 Å². The number of benzene rings is 1. The summed E-state index contributed by atoms with van der Waals surface area (Å²) in [4.78, 5) is 0. The minimum absolute atomic E-state index is 0.0218. The molecule has 2 nitrogen and oxygen atoms in total. The number of aliphatic hydroxyl groups is 1.